The van der Waals surface area contributed by atoms with Gasteiger partial charge in [-0.15, -0.1) is 0 Å². The minimum absolute atomic E-state index is 0.187. The largest absolute Gasteiger partial charge is 0.497 e. The average Bonchev–Trinajstić information content (AvgIpc) is 3.33. The van der Waals surface area contributed by atoms with Gasteiger partial charge in [-0.25, -0.2) is 9.78 Å². The molecule has 4 rings (SSSR count). The molecule has 1 aliphatic heterocycles. The summed E-state index contributed by atoms with van der Waals surface area (Å²) < 4.78 is 11.1. The minimum Gasteiger partial charge on any atom is -0.497 e. The average molecular weight is 480 g/mol. The van der Waals surface area contributed by atoms with Gasteiger partial charge in [0, 0.05) is 62.1 Å². The van der Waals surface area contributed by atoms with Crippen LogP contribution >= 0.6 is 0 Å². The third-order valence-corrected chi connectivity index (χ3v) is 5.89. The Morgan fingerprint density at radius 1 is 1.09 bits per heavy atom. The molecule has 0 spiro atoms. The van der Waals surface area contributed by atoms with Crippen LogP contribution in [0.4, 0.5) is 11.7 Å². The number of hydrogen-bond acceptors (Lipinski definition) is 8. The zero-order chi connectivity index (χ0) is 24.8. The quantitative estimate of drug-likeness (QED) is 0.425. The van der Waals surface area contributed by atoms with E-state index in [9.17, 15) is 9.59 Å². The first-order valence-electron chi connectivity index (χ1n) is 11.4. The highest BCUT2D eigenvalue weighted by atomic mass is 16.5. The van der Waals surface area contributed by atoms with Crippen molar-refractivity contribution in [3.8, 4) is 17.1 Å². The molecule has 0 atom stereocenters. The molecule has 35 heavy (non-hydrogen) atoms. The highest BCUT2D eigenvalue weighted by Gasteiger charge is 2.15. The van der Waals surface area contributed by atoms with Crippen LogP contribution in [0.3, 0.4) is 0 Å². The molecule has 10 heteroatoms. The molecule has 0 unspecified atom stereocenters. The Bertz CT molecular complexity index is 1170. The Hall–Kier alpha value is -3.89. The highest BCUT2D eigenvalue weighted by molar-refractivity contribution is 5.95. The second-order valence-electron chi connectivity index (χ2n) is 8.39. The lowest BCUT2D eigenvalue weighted by Crippen LogP contribution is -2.46. The summed E-state index contributed by atoms with van der Waals surface area (Å²) in [5.74, 6) is -0.175. The molecule has 1 amide bonds. The minimum atomic E-state index is -0.992. The second kappa shape index (κ2) is 11.0. The van der Waals surface area contributed by atoms with E-state index in [0.29, 0.717) is 34.9 Å². The number of nitrogens with zero attached hydrogens (tertiary/aromatic N) is 3. The molecule has 184 valence electrons. The third-order valence-electron chi connectivity index (χ3n) is 5.89. The number of amides is 1. The van der Waals surface area contributed by atoms with Crippen molar-refractivity contribution in [2.24, 2.45) is 0 Å². The van der Waals surface area contributed by atoms with Gasteiger partial charge in [-0.1, -0.05) is 12.1 Å². The third kappa shape index (κ3) is 6.37. The van der Waals surface area contributed by atoms with Crippen LogP contribution in [-0.4, -0.2) is 85.2 Å². The van der Waals surface area contributed by atoms with Crippen molar-refractivity contribution in [3.05, 3.63) is 59.8 Å². The molecule has 0 radical (unpaired) electrons. The number of carboxylic acids is 1. The summed E-state index contributed by atoms with van der Waals surface area (Å²) in [6, 6.07) is 11.7. The van der Waals surface area contributed by atoms with Crippen LogP contribution in [0, 0.1) is 0 Å². The summed E-state index contributed by atoms with van der Waals surface area (Å²) >= 11 is 0. The van der Waals surface area contributed by atoms with Crippen molar-refractivity contribution in [1.82, 2.24) is 20.1 Å². The van der Waals surface area contributed by atoms with Crippen molar-refractivity contribution < 1.29 is 23.8 Å². The molecule has 1 aromatic heterocycles. The van der Waals surface area contributed by atoms with Crippen molar-refractivity contribution >= 4 is 23.6 Å². The summed E-state index contributed by atoms with van der Waals surface area (Å²) in [5, 5.41) is 15.1. The highest BCUT2D eigenvalue weighted by Crippen LogP contribution is 2.27. The van der Waals surface area contributed by atoms with Crippen LogP contribution in [0.5, 0.6) is 5.75 Å². The molecule has 0 bridgehead atoms. The zero-order valence-electron chi connectivity index (χ0n) is 19.8. The number of carbonyl (C=O) groups is 2. The number of piperazine rings is 1. The Balaban J connectivity index is 1.39. The van der Waals surface area contributed by atoms with Gasteiger partial charge in [0.25, 0.3) is 11.9 Å². The van der Waals surface area contributed by atoms with E-state index in [0.717, 1.165) is 32.7 Å². The number of ether oxygens (including phenoxy) is 1. The van der Waals surface area contributed by atoms with Gasteiger partial charge in [0.2, 0.25) is 0 Å². The first kappa shape index (κ1) is 24.2. The summed E-state index contributed by atoms with van der Waals surface area (Å²) in [5.41, 5.74) is 1.93. The molecule has 3 N–H and O–H groups in total. The first-order valence-corrected chi connectivity index (χ1v) is 11.4. The summed E-state index contributed by atoms with van der Waals surface area (Å²) in [4.78, 5) is 32.7. The van der Waals surface area contributed by atoms with Gasteiger partial charge in [0.05, 0.1) is 18.9 Å². The molecule has 1 aliphatic rings. The lowest BCUT2D eigenvalue weighted by Gasteiger charge is -2.32. The maximum Gasteiger partial charge on any atom is 0.335 e. The number of aromatic carboxylic acids is 1. The molecule has 2 aromatic carbocycles. The number of carboxylic acid groups (broad SMARTS) is 1. The maximum atomic E-state index is 12.8. The van der Waals surface area contributed by atoms with Gasteiger partial charge in [-0.2, -0.15) is 0 Å². The topological polar surface area (TPSA) is 120 Å². The number of aromatic nitrogens is 1. The Morgan fingerprint density at radius 3 is 2.51 bits per heavy atom. The van der Waals surface area contributed by atoms with Crippen LogP contribution in [0.15, 0.2) is 53.1 Å². The van der Waals surface area contributed by atoms with E-state index in [2.05, 4.69) is 32.5 Å². The number of carbonyl (C=O) groups excluding carboxylic acids is 1. The van der Waals surface area contributed by atoms with E-state index in [1.54, 1.807) is 36.5 Å². The van der Waals surface area contributed by atoms with E-state index in [1.165, 1.54) is 19.2 Å². The second-order valence-corrected chi connectivity index (χ2v) is 8.39. The fourth-order valence-corrected chi connectivity index (χ4v) is 3.79. The predicted molar refractivity (Wildman–Crippen MR) is 131 cm³/mol. The maximum absolute atomic E-state index is 12.8. The van der Waals surface area contributed by atoms with Crippen LogP contribution in [0.2, 0.25) is 0 Å². The first-order chi connectivity index (χ1) is 16.9. The van der Waals surface area contributed by atoms with E-state index < -0.39 is 5.97 Å². The van der Waals surface area contributed by atoms with Crippen molar-refractivity contribution in [2.75, 3.05) is 58.7 Å². The van der Waals surface area contributed by atoms with E-state index in [-0.39, 0.29) is 17.5 Å². The van der Waals surface area contributed by atoms with Gasteiger partial charge in [0.15, 0.2) is 5.76 Å². The molecule has 10 nitrogen and oxygen atoms in total. The Kier molecular flexibility index (Phi) is 7.64. The zero-order valence-corrected chi connectivity index (χ0v) is 19.8. The molecule has 1 saturated heterocycles. The Labute approximate surface area is 203 Å². The predicted octanol–water partition coefficient (Wildman–Crippen LogP) is 2.77. The molecular weight excluding hydrogens is 450 g/mol. The van der Waals surface area contributed by atoms with Gasteiger partial charge in [0.1, 0.15) is 5.75 Å². The summed E-state index contributed by atoms with van der Waals surface area (Å²) in [7, 11) is 3.66. The number of likely N-dealkylation sites (N-methyl/N-ethyl adjacent to an activating group) is 1. The van der Waals surface area contributed by atoms with E-state index in [1.807, 2.05) is 0 Å². The van der Waals surface area contributed by atoms with E-state index >= 15 is 0 Å². The van der Waals surface area contributed by atoms with Crippen molar-refractivity contribution in [3.63, 3.8) is 0 Å². The number of oxazole rings is 1. The smallest absolute Gasteiger partial charge is 0.335 e. The fraction of sp³-hybridized carbons (Fsp3) is 0.320. The lowest BCUT2D eigenvalue weighted by molar-refractivity contribution is 0.0696. The van der Waals surface area contributed by atoms with Gasteiger partial charge in [-0.05, 0) is 31.3 Å². The number of nitrogens with one attached hydrogen (secondary N) is 2. The summed E-state index contributed by atoms with van der Waals surface area (Å²) in [6.45, 7) is 5.44. The Morgan fingerprint density at radius 2 is 1.83 bits per heavy atom. The monoisotopic (exact) mass is 479 g/mol. The molecule has 3 aromatic rings. The van der Waals surface area contributed by atoms with Crippen LogP contribution in [0.25, 0.3) is 11.3 Å². The molecule has 0 saturated carbocycles. The molecule has 1 fully saturated rings. The number of benzene rings is 2. The molecule has 0 aliphatic carbocycles. The van der Waals surface area contributed by atoms with Crippen LogP contribution in [-0.2, 0) is 0 Å². The van der Waals surface area contributed by atoms with Crippen molar-refractivity contribution in [2.45, 2.75) is 0 Å². The normalized spacial score (nSPS) is 14.5. The number of methoxy groups -OCH3 is 1. The summed E-state index contributed by atoms with van der Waals surface area (Å²) in [6.07, 6.45) is 1.55. The van der Waals surface area contributed by atoms with Crippen LogP contribution in [0.1, 0.15) is 20.7 Å². The SMILES string of the molecule is COc1cc(Nc2ncc(-c3ccc(C(=O)O)cc3)o2)cc(C(=O)NCCN2CCN(C)CC2)c1. The van der Waals surface area contributed by atoms with Gasteiger partial charge >= 0.3 is 5.97 Å². The lowest BCUT2D eigenvalue weighted by atomic mass is 10.1. The molecule has 2 heterocycles. The number of rotatable bonds is 9. The van der Waals surface area contributed by atoms with Gasteiger partial charge in [-0.3, -0.25) is 9.69 Å². The van der Waals surface area contributed by atoms with E-state index in [4.69, 9.17) is 14.3 Å². The number of hydrogen-bond donors (Lipinski definition) is 3. The van der Waals surface area contributed by atoms with Crippen molar-refractivity contribution in [1.29, 1.82) is 0 Å². The van der Waals surface area contributed by atoms with Gasteiger partial charge < -0.3 is 29.8 Å². The van der Waals surface area contributed by atoms with Crippen LogP contribution < -0.4 is 15.4 Å². The number of anilines is 2. The standard InChI is InChI=1S/C25H29N5O5/c1-29-9-11-30(12-10-29)8-7-26-23(31)19-13-20(15-21(14-19)34-2)28-25-27-16-22(35-25)17-3-5-18(6-4-17)24(32)33/h3-6,13-16H,7-12H2,1-2H3,(H,26,31)(H,27,28)(H,32,33). The molecular formula is C25H29N5O5. The fourth-order valence-electron chi connectivity index (χ4n) is 3.79.